The van der Waals surface area contributed by atoms with Crippen LogP contribution in [0, 0.1) is 10.1 Å². The molecule has 0 aliphatic carbocycles. The molecule has 1 N–H and O–H groups in total. The molecule has 10 nitrogen and oxygen atoms in total. The Bertz CT molecular complexity index is 1170. The summed E-state index contributed by atoms with van der Waals surface area (Å²) >= 11 is 0. The van der Waals surface area contributed by atoms with Gasteiger partial charge in [-0.1, -0.05) is 19.9 Å². The van der Waals surface area contributed by atoms with Crippen LogP contribution < -0.4 is 10.7 Å². The van der Waals surface area contributed by atoms with Crippen molar-refractivity contribution in [1.29, 1.82) is 0 Å². The van der Waals surface area contributed by atoms with E-state index in [1.54, 1.807) is 12.1 Å². The Morgan fingerprint density at radius 2 is 1.97 bits per heavy atom. The monoisotopic (exact) mass is 401 g/mol. The first-order valence-electron chi connectivity index (χ1n) is 8.82. The van der Waals surface area contributed by atoms with Gasteiger partial charge in [0.1, 0.15) is 17.0 Å². The van der Waals surface area contributed by atoms with Crippen molar-refractivity contribution in [3.8, 4) is 0 Å². The molecule has 0 aliphatic rings. The van der Waals surface area contributed by atoms with Gasteiger partial charge in [-0.15, -0.1) is 10.1 Å². The molecule has 0 aliphatic heterocycles. The summed E-state index contributed by atoms with van der Waals surface area (Å²) in [6.45, 7) is 5.21. The number of nitrogens with zero attached hydrogens (tertiary/aromatic N) is 2. The number of hydrogen-bond donors (Lipinski definition) is 1. The van der Waals surface area contributed by atoms with Crippen molar-refractivity contribution in [2.24, 2.45) is 0 Å². The molecule has 0 saturated heterocycles. The van der Waals surface area contributed by atoms with Gasteiger partial charge >= 0.3 is 5.97 Å². The van der Waals surface area contributed by atoms with E-state index < -0.39 is 17.3 Å². The van der Waals surface area contributed by atoms with Crippen LogP contribution in [-0.4, -0.2) is 29.4 Å². The molecule has 1 unspecified atom stereocenters. The number of carbonyl (C=O) groups excluding carboxylic acids is 1. The zero-order chi connectivity index (χ0) is 21.3. The molecule has 29 heavy (non-hydrogen) atoms. The first-order valence-corrected chi connectivity index (χ1v) is 8.82. The number of ether oxygens (including phenoxy) is 1. The standard InChI is InChI=1S/C19H19N3O7/c1-9(2)11-5-6-15-12(7-11)16(23)13-8-14(17(20-4)21-18(13)28-15)19(24)27-10(3)29-22(25)26/h5-10H,1-4H3,(H,20,21). The van der Waals surface area contributed by atoms with Crippen LogP contribution >= 0.6 is 0 Å². The third-order valence-corrected chi connectivity index (χ3v) is 4.32. The lowest BCUT2D eigenvalue weighted by Crippen LogP contribution is -2.22. The van der Waals surface area contributed by atoms with Gasteiger partial charge < -0.3 is 14.5 Å². The predicted molar refractivity (Wildman–Crippen MR) is 104 cm³/mol. The lowest BCUT2D eigenvalue weighted by atomic mass is 10.0. The van der Waals surface area contributed by atoms with E-state index in [0.29, 0.717) is 11.0 Å². The molecule has 2 heterocycles. The van der Waals surface area contributed by atoms with Gasteiger partial charge in [0.05, 0.1) is 10.8 Å². The molecule has 0 bridgehead atoms. The Morgan fingerprint density at radius 3 is 2.59 bits per heavy atom. The Kier molecular flexibility index (Phi) is 5.35. The van der Waals surface area contributed by atoms with Gasteiger partial charge in [-0.25, -0.2) is 4.79 Å². The molecule has 3 aromatic rings. The van der Waals surface area contributed by atoms with Crippen molar-refractivity contribution >= 4 is 33.9 Å². The second kappa shape index (κ2) is 7.74. The summed E-state index contributed by atoms with van der Waals surface area (Å²) < 4.78 is 10.7. The third-order valence-electron chi connectivity index (χ3n) is 4.32. The van der Waals surface area contributed by atoms with Gasteiger partial charge in [0, 0.05) is 7.05 Å². The molecule has 2 aromatic heterocycles. The van der Waals surface area contributed by atoms with Crippen LogP contribution in [0.25, 0.3) is 22.1 Å². The minimum atomic E-state index is -1.43. The van der Waals surface area contributed by atoms with Gasteiger partial charge in [0.2, 0.25) is 17.4 Å². The lowest BCUT2D eigenvalue weighted by Gasteiger charge is -2.13. The zero-order valence-corrected chi connectivity index (χ0v) is 16.2. The predicted octanol–water partition coefficient (Wildman–Crippen LogP) is 3.22. The number of anilines is 1. The second-order valence-electron chi connectivity index (χ2n) is 6.63. The van der Waals surface area contributed by atoms with E-state index in [4.69, 9.17) is 9.15 Å². The SMILES string of the molecule is CNc1nc2oc3ccc(C(C)C)cc3c(=O)c2cc1C(=O)OC(C)O[N+](=O)[O-]. The van der Waals surface area contributed by atoms with Crippen molar-refractivity contribution in [2.45, 2.75) is 33.0 Å². The molecular weight excluding hydrogens is 382 g/mol. The largest absolute Gasteiger partial charge is 0.437 e. The molecule has 152 valence electrons. The highest BCUT2D eigenvalue weighted by Crippen LogP contribution is 2.25. The van der Waals surface area contributed by atoms with E-state index in [1.165, 1.54) is 20.0 Å². The van der Waals surface area contributed by atoms with Gasteiger partial charge in [-0.3, -0.25) is 9.63 Å². The number of nitrogens with one attached hydrogen (secondary N) is 1. The first-order chi connectivity index (χ1) is 13.7. The number of esters is 1. The molecule has 0 amide bonds. The summed E-state index contributed by atoms with van der Waals surface area (Å²) in [6, 6.07) is 6.64. The molecule has 10 heteroatoms. The van der Waals surface area contributed by atoms with Gasteiger partial charge in [0.25, 0.3) is 5.09 Å². The van der Waals surface area contributed by atoms with Gasteiger partial charge in [0.15, 0.2) is 0 Å². The van der Waals surface area contributed by atoms with Crippen LogP contribution in [0.5, 0.6) is 0 Å². The van der Waals surface area contributed by atoms with E-state index in [9.17, 15) is 19.7 Å². The Morgan fingerprint density at radius 1 is 1.24 bits per heavy atom. The van der Waals surface area contributed by atoms with Crippen LogP contribution in [-0.2, 0) is 9.57 Å². The fourth-order valence-corrected chi connectivity index (χ4v) is 2.86. The van der Waals surface area contributed by atoms with E-state index in [-0.39, 0.29) is 33.8 Å². The fraction of sp³-hybridized carbons (Fsp3) is 0.316. The third kappa shape index (κ3) is 3.96. The van der Waals surface area contributed by atoms with Gasteiger partial charge in [-0.05, 0) is 36.6 Å². The van der Waals surface area contributed by atoms with Crippen LogP contribution in [0.4, 0.5) is 5.82 Å². The maximum absolute atomic E-state index is 13.0. The van der Waals surface area contributed by atoms with Crippen molar-refractivity contribution in [2.75, 3.05) is 12.4 Å². The smallest absolute Gasteiger partial charge is 0.344 e. The summed E-state index contributed by atoms with van der Waals surface area (Å²) in [5.41, 5.74) is 0.974. The van der Waals surface area contributed by atoms with E-state index in [1.807, 2.05) is 19.9 Å². The Labute approximate surface area is 164 Å². The molecule has 0 saturated carbocycles. The van der Waals surface area contributed by atoms with Crippen molar-refractivity contribution in [1.82, 2.24) is 4.98 Å². The average Bonchev–Trinajstić information content (AvgIpc) is 2.66. The van der Waals surface area contributed by atoms with Crippen LogP contribution in [0.15, 0.2) is 33.5 Å². The van der Waals surface area contributed by atoms with Crippen molar-refractivity contribution in [3.63, 3.8) is 0 Å². The van der Waals surface area contributed by atoms with Crippen LogP contribution in [0.3, 0.4) is 0 Å². The summed E-state index contributed by atoms with van der Waals surface area (Å²) in [5.74, 6) is -0.626. The maximum Gasteiger partial charge on any atom is 0.344 e. The zero-order valence-electron chi connectivity index (χ0n) is 16.2. The second-order valence-corrected chi connectivity index (χ2v) is 6.63. The topological polar surface area (TPSA) is 134 Å². The normalized spacial score (nSPS) is 12.2. The number of carbonyl (C=O) groups is 1. The van der Waals surface area contributed by atoms with Crippen LogP contribution in [0.1, 0.15) is 42.6 Å². The lowest BCUT2D eigenvalue weighted by molar-refractivity contribution is -0.777. The summed E-state index contributed by atoms with van der Waals surface area (Å²) in [5, 5.41) is 12.5. The Hall–Kier alpha value is -3.69. The molecule has 3 rings (SSSR count). The number of rotatable bonds is 6. The number of hydrogen-bond acceptors (Lipinski definition) is 9. The number of benzene rings is 1. The minimum Gasteiger partial charge on any atom is -0.437 e. The van der Waals surface area contributed by atoms with Gasteiger partial charge in [-0.2, -0.15) is 4.98 Å². The number of pyridine rings is 1. The summed E-state index contributed by atoms with van der Waals surface area (Å²) in [7, 11) is 1.52. The Balaban J connectivity index is 2.14. The van der Waals surface area contributed by atoms with Crippen molar-refractivity contribution in [3.05, 3.63) is 55.7 Å². The molecule has 1 atom stereocenters. The number of fused-ring (bicyclic) bond motifs is 2. The molecule has 0 radical (unpaired) electrons. The molecule has 0 spiro atoms. The highest BCUT2D eigenvalue weighted by Gasteiger charge is 2.22. The summed E-state index contributed by atoms with van der Waals surface area (Å²) in [4.78, 5) is 44.2. The van der Waals surface area contributed by atoms with Crippen molar-refractivity contribution < 1.29 is 23.9 Å². The minimum absolute atomic E-state index is 0.0512. The van der Waals surface area contributed by atoms with E-state index in [2.05, 4.69) is 15.1 Å². The molecule has 1 aromatic carbocycles. The summed E-state index contributed by atoms with van der Waals surface area (Å²) in [6.07, 6.45) is -1.43. The quantitative estimate of drug-likeness (QED) is 0.217. The number of aromatic nitrogens is 1. The molecular formula is C19H19N3O7. The fourth-order valence-electron chi connectivity index (χ4n) is 2.86. The molecule has 0 fully saturated rings. The van der Waals surface area contributed by atoms with E-state index in [0.717, 1.165) is 5.56 Å². The average molecular weight is 401 g/mol. The maximum atomic E-state index is 13.0. The first kappa shape index (κ1) is 20.1. The van der Waals surface area contributed by atoms with E-state index >= 15 is 0 Å². The highest BCUT2D eigenvalue weighted by atomic mass is 17.0. The van der Waals surface area contributed by atoms with Crippen LogP contribution in [0.2, 0.25) is 0 Å². The highest BCUT2D eigenvalue weighted by molar-refractivity contribution is 5.99.